The standard InChI is InChI=1S/C19H22N6OS/c26-17(20-9-6-18-23-15-4-1-2-5-16(15)27-18)14-24-10-12-25(13-11-24)19-21-7-3-8-22-19/h1-5,7-8H,6,9-14H2,(H,20,26). The quantitative estimate of drug-likeness (QED) is 0.698. The SMILES string of the molecule is O=C(CN1CCN(c2ncccn2)CC1)NCCc1nc2ccccc2s1. The number of para-hydroxylation sites is 1. The van der Waals surface area contributed by atoms with Crippen LogP contribution in [0.15, 0.2) is 42.7 Å². The lowest BCUT2D eigenvalue weighted by Crippen LogP contribution is -2.50. The molecular formula is C19H22N6OS. The molecule has 1 fully saturated rings. The van der Waals surface area contributed by atoms with E-state index in [2.05, 4.69) is 36.1 Å². The minimum absolute atomic E-state index is 0.0699. The second-order valence-electron chi connectivity index (χ2n) is 6.49. The number of carbonyl (C=O) groups excluding carboxylic acids is 1. The van der Waals surface area contributed by atoms with Crippen LogP contribution in [0.3, 0.4) is 0 Å². The highest BCUT2D eigenvalue weighted by Crippen LogP contribution is 2.21. The van der Waals surface area contributed by atoms with Crippen LogP contribution in [0.25, 0.3) is 10.2 Å². The molecule has 1 saturated heterocycles. The van der Waals surface area contributed by atoms with Crippen molar-refractivity contribution < 1.29 is 4.79 Å². The first kappa shape index (κ1) is 17.8. The summed E-state index contributed by atoms with van der Waals surface area (Å²) in [7, 11) is 0. The Morgan fingerprint density at radius 2 is 1.85 bits per heavy atom. The Morgan fingerprint density at radius 3 is 2.63 bits per heavy atom. The van der Waals surface area contributed by atoms with Crippen molar-refractivity contribution in [1.82, 2.24) is 25.2 Å². The second-order valence-corrected chi connectivity index (χ2v) is 7.60. The van der Waals surface area contributed by atoms with E-state index in [0.29, 0.717) is 13.1 Å². The van der Waals surface area contributed by atoms with E-state index >= 15 is 0 Å². The molecule has 0 unspecified atom stereocenters. The number of aromatic nitrogens is 3. The predicted octanol–water partition coefficient (Wildman–Crippen LogP) is 1.57. The van der Waals surface area contributed by atoms with E-state index in [4.69, 9.17) is 0 Å². The van der Waals surface area contributed by atoms with Crippen LogP contribution in [0.4, 0.5) is 5.95 Å². The van der Waals surface area contributed by atoms with Gasteiger partial charge in [-0.15, -0.1) is 11.3 Å². The van der Waals surface area contributed by atoms with Gasteiger partial charge >= 0.3 is 0 Å². The van der Waals surface area contributed by atoms with Crippen molar-refractivity contribution in [2.45, 2.75) is 6.42 Å². The summed E-state index contributed by atoms with van der Waals surface area (Å²) in [5.41, 5.74) is 1.03. The summed E-state index contributed by atoms with van der Waals surface area (Å²) in [5, 5.41) is 4.08. The van der Waals surface area contributed by atoms with Crippen LogP contribution in [0.1, 0.15) is 5.01 Å². The molecule has 0 aliphatic carbocycles. The van der Waals surface area contributed by atoms with Crippen LogP contribution in [0.5, 0.6) is 0 Å². The zero-order valence-corrected chi connectivity index (χ0v) is 15.9. The molecule has 1 aliphatic heterocycles. The number of thiazole rings is 1. The Hall–Kier alpha value is -2.58. The van der Waals surface area contributed by atoms with Gasteiger partial charge < -0.3 is 10.2 Å². The Bertz CT molecular complexity index is 858. The Labute approximate surface area is 162 Å². The van der Waals surface area contributed by atoms with Crippen molar-refractivity contribution in [3.8, 4) is 0 Å². The first-order valence-electron chi connectivity index (χ1n) is 9.13. The average Bonchev–Trinajstić information content (AvgIpc) is 3.12. The topological polar surface area (TPSA) is 74.2 Å². The number of benzene rings is 1. The number of fused-ring (bicyclic) bond motifs is 1. The molecule has 140 valence electrons. The Morgan fingerprint density at radius 1 is 1.07 bits per heavy atom. The van der Waals surface area contributed by atoms with Crippen molar-refractivity contribution >= 4 is 33.4 Å². The lowest BCUT2D eigenvalue weighted by molar-refractivity contribution is -0.122. The predicted molar refractivity (Wildman–Crippen MR) is 107 cm³/mol. The molecule has 1 aliphatic rings. The molecule has 8 heteroatoms. The smallest absolute Gasteiger partial charge is 0.234 e. The lowest BCUT2D eigenvalue weighted by atomic mass is 10.3. The Kier molecular flexibility index (Phi) is 5.55. The van der Waals surface area contributed by atoms with Gasteiger partial charge in [-0.2, -0.15) is 0 Å². The molecule has 1 aromatic carbocycles. The molecule has 3 aromatic rings. The average molecular weight is 382 g/mol. The number of nitrogens with zero attached hydrogens (tertiary/aromatic N) is 5. The first-order chi connectivity index (χ1) is 13.3. The number of amides is 1. The molecular weight excluding hydrogens is 360 g/mol. The molecule has 27 heavy (non-hydrogen) atoms. The van der Waals surface area contributed by atoms with E-state index < -0.39 is 0 Å². The van der Waals surface area contributed by atoms with E-state index in [9.17, 15) is 4.79 Å². The summed E-state index contributed by atoms with van der Waals surface area (Å²) in [4.78, 5) is 29.7. The lowest BCUT2D eigenvalue weighted by Gasteiger charge is -2.34. The molecule has 0 saturated carbocycles. The largest absolute Gasteiger partial charge is 0.355 e. The van der Waals surface area contributed by atoms with Gasteiger partial charge in [0.25, 0.3) is 0 Å². The van der Waals surface area contributed by atoms with E-state index in [1.807, 2.05) is 24.3 Å². The number of anilines is 1. The zero-order valence-electron chi connectivity index (χ0n) is 15.0. The van der Waals surface area contributed by atoms with Crippen LogP contribution in [0, 0.1) is 0 Å². The van der Waals surface area contributed by atoms with Crippen molar-refractivity contribution in [2.75, 3.05) is 44.2 Å². The zero-order chi connectivity index (χ0) is 18.5. The van der Waals surface area contributed by atoms with Crippen LogP contribution < -0.4 is 10.2 Å². The fourth-order valence-electron chi connectivity index (χ4n) is 3.16. The highest BCUT2D eigenvalue weighted by Gasteiger charge is 2.20. The summed E-state index contributed by atoms with van der Waals surface area (Å²) in [6.07, 6.45) is 4.28. The summed E-state index contributed by atoms with van der Waals surface area (Å²) in [5.74, 6) is 0.831. The van der Waals surface area contributed by atoms with Crippen LogP contribution in [-0.4, -0.2) is 65.0 Å². The molecule has 4 rings (SSSR count). The Balaban J connectivity index is 1.19. The van der Waals surface area contributed by atoms with Gasteiger partial charge in [0.2, 0.25) is 11.9 Å². The fourth-order valence-corrected chi connectivity index (χ4v) is 4.12. The maximum Gasteiger partial charge on any atom is 0.234 e. The minimum Gasteiger partial charge on any atom is -0.355 e. The van der Waals surface area contributed by atoms with Gasteiger partial charge in [-0.1, -0.05) is 12.1 Å². The monoisotopic (exact) mass is 382 g/mol. The van der Waals surface area contributed by atoms with Gasteiger partial charge in [0, 0.05) is 51.5 Å². The third-order valence-corrected chi connectivity index (χ3v) is 5.67. The molecule has 7 nitrogen and oxygen atoms in total. The molecule has 0 spiro atoms. The third-order valence-electron chi connectivity index (χ3n) is 4.57. The number of hydrogen-bond donors (Lipinski definition) is 1. The second kappa shape index (κ2) is 8.41. The third kappa shape index (κ3) is 4.58. The molecule has 0 atom stereocenters. The van der Waals surface area contributed by atoms with Gasteiger partial charge in [0.1, 0.15) is 0 Å². The summed E-state index contributed by atoms with van der Waals surface area (Å²) >= 11 is 1.69. The van der Waals surface area contributed by atoms with Crippen molar-refractivity contribution in [3.63, 3.8) is 0 Å². The fraction of sp³-hybridized carbons (Fsp3) is 0.368. The summed E-state index contributed by atoms with van der Waals surface area (Å²) in [6, 6.07) is 9.94. The summed E-state index contributed by atoms with van der Waals surface area (Å²) < 4.78 is 1.19. The van der Waals surface area contributed by atoms with E-state index in [1.165, 1.54) is 4.70 Å². The summed E-state index contributed by atoms with van der Waals surface area (Å²) in [6.45, 7) is 4.40. The van der Waals surface area contributed by atoms with E-state index in [1.54, 1.807) is 23.7 Å². The maximum absolute atomic E-state index is 12.2. The number of hydrogen-bond acceptors (Lipinski definition) is 7. The van der Waals surface area contributed by atoms with E-state index in [0.717, 1.165) is 49.1 Å². The highest BCUT2D eigenvalue weighted by atomic mass is 32.1. The van der Waals surface area contributed by atoms with E-state index in [-0.39, 0.29) is 5.91 Å². The normalized spacial score (nSPS) is 15.2. The number of rotatable bonds is 6. The molecule has 0 radical (unpaired) electrons. The van der Waals surface area contributed by atoms with Gasteiger partial charge in [0.15, 0.2) is 0 Å². The first-order valence-corrected chi connectivity index (χ1v) is 9.95. The molecule has 1 N–H and O–H groups in total. The van der Waals surface area contributed by atoms with Crippen molar-refractivity contribution in [3.05, 3.63) is 47.7 Å². The van der Waals surface area contributed by atoms with Gasteiger partial charge in [-0.25, -0.2) is 15.0 Å². The minimum atomic E-state index is 0.0699. The molecule has 1 amide bonds. The van der Waals surface area contributed by atoms with Crippen molar-refractivity contribution in [1.29, 1.82) is 0 Å². The molecule has 0 bridgehead atoms. The van der Waals surface area contributed by atoms with Crippen molar-refractivity contribution in [2.24, 2.45) is 0 Å². The van der Waals surface area contributed by atoms with Gasteiger partial charge in [0.05, 0.1) is 21.8 Å². The highest BCUT2D eigenvalue weighted by molar-refractivity contribution is 7.18. The number of piperazine rings is 1. The van der Waals surface area contributed by atoms with Crippen LogP contribution >= 0.6 is 11.3 Å². The molecule has 2 aromatic heterocycles. The molecule has 3 heterocycles. The van der Waals surface area contributed by atoms with Gasteiger partial charge in [-0.05, 0) is 18.2 Å². The van der Waals surface area contributed by atoms with Crippen LogP contribution in [-0.2, 0) is 11.2 Å². The number of carbonyl (C=O) groups is 1. The van der Waals surface area contributed by atoms with Gasteiger partial charge in [-0.3, -0.25) is 9.69 Å². The van der Waals surface area contributed by atoms with Crippen LogP contribution in [0.2, 0.25) is 0 Å². The number of nitrogens with one attached hydrogen (secondary N) is 1. The maximum atomic E-state index is 12.2.